The van der Waals surface area contributed by atoms with Crippen molar-refractivity contribution >= 4 is 40.7 Å². The molecule has 3 amide bonds. The highest BCUT2D eigenvalue weighted by Crippen LogP contribution is 2.27. The molecule has 2 aromatic carbocycles. The number of halogens is 2. The highest BCUT2D eigenvalue weighted by atomic mass is 35.5. The van der Waals surface area contributed by atoms with E-state index < -0.39 is 11.7 Å². The lowest BCUT2D eigenvalue weighted by atomic mass is 10.1. The molecule has 2 aromatic rings. The summed E-state index contributed by atoms with van der Waals surface area (Å²) < 4.78 is 18.6. The number of hydrogen-bond acceptors (Lipinski definition) is 4. The first-order chi connectivity index (χ1) is 14.9. The van der Waals surface area contributed by atoms with Gasteiger partial charge in [0.15, 0.2) is 6.61 Å². The molecule has 0 radical (unpaired) electrons. The molecule has 1 aliphatic heterocycles. The van der Waals surface area contributed by atoms with Crippen LogP contribution in [0.1, 0.15) is 19.8 Å². The Hall–Kier alpha value is -3.13. The van der Waals surface area contributed by atoms with E-state index in [9.17, 15) is 18.8 Å². The third-order valence-corrected chi connectivity index (χ3v) is 5.06. The van der Waals surface area contributed by atoms with Crippen molar-refractivity contribution in [2.45, 2.75) is 19.8 Å². The van der Waals surface area contributed by atoms with Gasteiger partial charge in [-0.1, -0.05) is 18.5 Å². The lowest BCUT2D eigenvalue weighted by Gasteiger charge is -2.17. The van der Waals surface area contributed by atoms with Gasteiger partial charge >= 0.3 is 0 Å². The smallest absolute Gasteiger partial charge is 0.262 e. The molecule has 1 heterocycles. The molecule has 2 N–H and O–H groups in total. The Morgan fingerprint density at radius 3 is 2.65 bits per heavy atom. The van der Waals surface area contributed by atoms with Gasteiger partial charge in [0.1, 0.15) is 11.6 Å². The summed E-state index contributed by atoms with van der Waals surface area (Å²) in [4.78, 5) is 38.0. The van der Waals surface area contributed by atoms with Crippen molar-refractivity contribution in [3.63, 3.8) is 0 Å². The first kappa shape index (κ1) is 22.6. The summed E-state index contributed by atoms with van der Waals surface area (Å²) in [6.45, 7) is 2.64. The van der Waals surface area contributed by atoms with Gasteiger partial charge in [-0.05, 0) is 48.9 Å². The SMILES string of the molecule is CCCNC(=O)[C@H]1CC(=O)N(c2ccc(OCC(=O)Nc3ccc(F)c(Cl)c3)cc2)C1. The first-order valence-corrected chi connectivity index (χ1v) is 10.3. The third kappa shape index (κ3) is 5.95. The maximum absolute atomic E-state index is 13.2. The number of hydrogen-bond donors (Lipinski definition) is 2. The molecule has 1 fully saturated rings. The fourth-order valence-electron chi connectivity index (χ4n) is 3.17. The molecule has 1 atom stereocenters. The summed E-state index contributed by atoms with van der Waals surface area (Å²) >= 11 is 5.69. The number of carbonyl (C=O) groups excluding carboxylic acids is 3. The van der Waals surface area contributed by atoms with Crippen LogP contribution < -0.4 is 20.3 Å². The summed E-state index contributed by atoms with van der Waals surface area (Å²) in [6.07, 6.45) is 1.02. The van der Waals surface area contributed by atoms with Crippen LogP contribution >= 0.6 is 11.6 Å². The number of ether oxygens (including phenoxy) is 1. The topological polar surface area (TPSA) is 87.7 Å². The zero-order chi connectivity index (χ0) is 22.4. The quantitative estimate of drug-likeness (QED) is 0.649. The van der Waals surface area contributed by atoms with Crippen molar-refractivity contribution in [2.75, 3.05) is 29.9 Å². The van der Waals surface area contributed by atoms with Crippen molar-refractivity contribution in [2.24, 2.45) is 5.92 Å². The number of anilines is 2. The van der Waals surface area contributed by atoms with E-state index in [1.54, 1.807) is 29.2 Å². The number of rotatable bonds is 8. The van der Waals surface area contributed by atoms with Gasteiger partial charge in [0.25, 0.3) is 5.91 Å². The second-order valence-electron chi connectivity index (χ2n) is 7.16. The molecule has 0 unspecified atom stereocenters. The van der Waals surface area contributed by atoms with E-state index in [-0.39, 0.29) is 35.8 Å². The molecule has 3 rings (SSSR count). The van der Waals surface area contributed by atoms with Crippen molar-refractivity contribution in [3.8, 4) is 5.75 Å². The Morgan fingerprint density at radius 1 is 1.23 bits per heavy atom. The molecule has 1 aliphatic rings. The van der Waals surface area contributed by atoms with Crippen LogP contribution in [0.25, 0.3) is 0 Å². The third-order valence-electron chi connectivity index (χ3n) is 4.77. The largest absolute Gasteiger partial charge is 0.484 e. The van der Waals surface area contributed by atoms with Crippen LogP contribution in [0.15, 0.2) is 42.5 Å². The fraction of sp³-hybridized carbons (Fsp3) is 0.318. The zero-order valence-corrected chi connectivity index (χ0v) is 17.7. The number of nitrogens with zero attached hydrogens (tertiary/aromatic N) is 1. The van der Waals surface area contributed by atoms with E-state index in [1.165, 1.54) is 12.1 Å². The Bertz CT molecular complexity index is 968. The second kappa shape index (κ2) is 10.3. The van der Waals surface area contributed by atoms with E-state index in [2.05, 4.69) is 10.6 Å². The van der Waals surface area contributed by atoms with Gasteiger partial charge in [-0.3, -0.25) is 14.4 Å². The monoisotopic (exact) mass is 447 g/mol. The Kier molecular flexibility index (Phi) is 7.46. The van der Waals surface area contributed by atoms with Gasteiger partial charge in [-0.2, -0.15) is 0 Å². The van der Waals surface area contributed by atoms with Crippen molar-refractivity contribution < 1.29 is 23.5 Å². The maximum atomic E-state index is 13.2. The number of carbonyl (C=O) groups is 3. The molecular formula is C22H23ClFN3O4. The van der Waals surface area contributed by atoms with Crippen LogP contribution in [-0.4, -0.2) is 37.4 Å². The van der Waals surface area contributed by atoms with Gasteiger partial charge in [0.2, 0.25) is 11.8 Å². The summed E-state index contributed by atoms with van der Waals surface area (Å²) in [7, 11) is 0. The van der Waals surface area contributed by atoms with Crippen LogP contribution in [-0.2, 0) is 14.4 Å². The van der Waals surface area contributed by atoms with Gasteiger partial charge in [-0.15, -0.1) is 0 Å². The van der Waals surface area contributed by atoms with E-state index in [0.29, 0.717) is 30.2 Å². The molecule has 9 heteroatoms. The standard InChI is InChI=1S/C22H23ClFN3O4/c1-2-9-25-22(30)14-10-21(29)27(12-14)16-4-6-17(7-5-16)31-13-20(28)26-15-3-8-19(24)18(23)11-15/h3-8,11,14H,2,9-10,12-13H2,1H3,(H,25,30)(H,26,28)/t14-/m0/s1. The van der Waals surface area contributed by atoms with Gasteiger partial charge in [0, 0.05) is 30.9 Å². The molecule has 31 heavy (non-hydrogen) atoms. The molecule has 0 saturated carbocycles. The Balaban J connectivity index is 1.52. The summed E-state index contributed by atoms with van der Waals surface area (Å²) in [5.41, 5.74) is 1.02. The number of nitrogens with one attached hydrogen (secondary N) is 2. The van der Waals surface area contributed by atoms with Crippen LogP contribution in [0, 0.1) is 11.7 Å². The molecule has 7 nitrogen and oxygen atoms in total. The first-order valence-electron chi connectivity index (χ1n) is 9.93. The molecule has 164 valence electrons. The minimum Gasteiger partial charge on any atom is -0.484 e. The Labute approximate surface area is 184 Å². The maximum Gasteiger partial charge on any atom is 0.262 e. The fourth-order valence-corrected chi connectivity index (χ4v) is 3.35. The molecule has 1 saturated heterocycles. The summed E-state index contributed by atoms with van der Waals surface area (Å²) in [6, 6.07) is 10.6. The van der Waals surface area contributed by atoms with Crippen LogP contribution in [0.2, 0.25) is 5.02 Å². The zero-order valence-electron chi connectivity index (χ0n) is 17.0. The highest BCUT2D eigenvalue weighted by Gasteiger charge is 2.34. The molecule has 0 aliphatic carbocycles. The number of benzene rings is 2. The predicted octanol–water partition coefficient (Wildman–Crippen LogP) is 3.38. The van der Waals surface area contributed by atoms with Gasteiger partial charge in [-0.25, -0.2) is 4.39 Å². The molecule has 0 spiro atoms. The number of amides is 3. The lowest BCUT2D eigenvalue weighted by Crippen LogP contribution is -2.33. The molecule has 0 aromatic heterocycles. The van der Waals surface area contributed by atoms with Crippen molar-refractivity contribution in [1.82, 2.24) is 5.32 Å². The Morgan fingerprint density at radius 2 is 1.97 bits per heavy atom. The van der Waals surface area contributed by atoms with E-state index in [1.807, 2.05) is 6.92 Å². The van der Waals surface area contributed by atoms with E-state index in [0.717, 1.165) is 12.5 Å². The predicted molar refractivity (Wildman–Crippen MR) is 116 cm³/mol. The minimum absolute atomic E-state index is 0.0872. The summed E-state index contributed by atoms with van der Waals surface area (Å²) in [5, 5.41) is 5.30. The van der Waals surface area contributed by atoms with Crippen LogP contribution in [0.4, 0.5) is 15.8 Å². The van der Waals surface area contributed by atoms with Gasteiger partial charge in [0.05, 0.1) is 10.9 Å². The second-order valence-corrected chi connectivity index (χ2v) is 7.56. The molecular weight excluding hydrogens is 425 g/mol. The van der Waals surface area contributed by atoms with E-state index in [4.69, 9.17) is 16.3 Å². The normalized spacial score (nSPS) is 15.6. The van der Waals surface area contributed by atoms with Gasteiger partial charge < -0.3 is 20.3 Å². The highest BCUT2D eigenvalue weighted by molar-refractivity contribution is 6.31. The van der Waals surface area contributed by atoms with Crippen LogP contribution in [0.3, 0.4) is 0 Å². The van der Waals surface area contributed by atoms with Crippen LogP contribution in [0.5, 0.6) is 5.75 Å². The van der Waals surface area contributed by atoms with Crippen molar-refractivity contribution in [1.29, 1.82) is 0 Å². The average molecular weight is 448 g/mol. The minimum atomic E-state index is -0.569. The average Bonchev–Trinajstić information content (AvgIpc) is 3.15. The summed E-state index contributed by atoms with van der Waals surface area (Å²) in [5.74, 6) is -1.13. The van der Waals surface area contributed by atoms with E-state index >= 15 is 0 Å². The lowest BCUT2D eigenvalue weighted by molar-refractivity contribution is -0.126. The molecule has 0 bridgehead atoms. The van der Waals surface area contributed by atoms with Crippen molar-refractivity contribution in [3.05, 3.63) is 53.3 Å².